The second-order valence-corrected chi connectivity index (χ2v) is 8.44. The molecule has 1 aliphatic carbocycles. The van der Waals surface area contributed by atoms with E-state index >= 15 is 0 Å². The summed E-state index contributed by atoms with van der Waals surface area (Å²) < 4.78 is 39.9. The molecule has 1 amide bonds. The lowest BCUT2D eigenvalue weighted by molar-refractivity contribution is -0.133. The van der Waals surface area contributed by atoms with Gasteiger partial charge in [0.2, 0.25) is 15.9 Å². The van der Waals surface area contributed by atoms with Gasteiger partial charge in [-0.2, -0.15) is 4.31 Å². The van der Waals surface area contributed by atoms with E-state index in [1.54, 1.807) is 11.9 Å². The van der Waals surface area contributed by atoms with E-state index in [2.05, 4.69) is 0 Å². The summed E-state index contributed by atoms with van der Waals surface area (Å²) in [5.74, 6) is -0.128. The van der Waals surface area contributed by atoms with Crippen LogP contribution < -0.4 is 0 Å². The van der Waals surface area contributed by atoms with E-state index in [-0.39, 0.29) is 22.7 Å². The van der Waals surface area contributed by atoms with Gasteiger partial charge in [0.25, 0.3) is 0 Å². The molecule has 22 heavy (non-hydrogen) atoms. The van der Waals surface area contributed by atoms with Crippen LogP contribution >= 0.6 is 11.8 Å². The van der Waals surface area contributed by atoms with Gasteiger partial charge in [-0.3, -0.25) is 4.79 Å². The zero-order valence-corrected chi connectivity index (χ0v) is 13.7. The van der Waals surface area contributed by atoms with E-state index in [0.29, 0.717) is 5.75 Å². The molecule has 0 N–H and O–H groups in total. The molecule has 120 valence electrons. The number of likely N-dealkylation sites (N-methyl/N-ethyl adjacent to an activating group) is 1. The van der Waals surface area contributed by atoms with Crippen LogP contribution in [0, 0.1) is 5.82 Å². The molecule has 1 saturated heterocycles. The first-order chi connectivity index (χ1) is 10.4. The molecule has 1 aromatic carbocycles. The molecule has 2 fully saturated rings. The van der Waals surface area contributed by atoms with Gasteiger partial charge in [0.15, 0.2) is 0 Å². The predicted octanol–water partition coefficient (Wildman–Crippen LogP) is 1.51. The first-order valence-electron chi connectivity index (χ1n) is 7.03. The topological polar surface area (TPSA) is 57.7 Å². The van der Waals surface area contributed by atoms with Gasteiger partial charge in [-0.15, -0.1) is 11.8 Å². The molecule has 1 heterocycles. The molecule has 0 aromatic heterocycles. The van der Waals surface area contributed by atoms with Crippen LogP contribution in [0.1, 0.15) is 12.8 Å². The molecule has 8 heteroatoms. The number of hydrogen-bond donors (Lipinski definition) is 0. The van der Waals surface area contributed by atoms with Crippen LogP contribution in [-0.2, 0) is 14.8 Å². The van der Waals surface area contributed by atoms with E-state index in [1.165, 1.54) is 34.3 Å². The van der Waals surface area contributed by atoms with Gasteiger partial charge in [-0.1, -0.05) is 6.07 Å². The summed E-state index contributed by atoms with van der Waals surface area (Å²) in [4.78, 5) is 14.0. The Bertz CT molecular complexity index is 691. The van der Waals surface area contributed by atoms with Crippen molar-refractivity contribution in [2.45, 2.75) is 29.8 Å². The fraction of sp³-hybridized carbons (Fsp3) is 0.500. The second kappa shape index (κ2) is 5.82. The number of benzene rings is 1. The third kappa shape index (κ3) is 2.87. The average Bonchev–Trinajstić information content (AvgIpc) is 3.21. The highest BCUT2D eigenvalue weighted by atomic mass is 32.2. The quantitative estimate of drug-likeness (QED) is 0.831. The Morgan fingerprint density at radius 2 is 2.14 bits per heavy atom. The Balaban J connectivity index is 1.87. The minimum Gasteiger partial charge on any atom is -0.341 e. The number of nitrogens with zero attached hydrogens (tertiary/aromatic N) is 2. The molecule has 1 aliphatic heterocycles. The van der Waals surface area contributed by atoms with Crippen LogP contribution in [-0.4, -0.2) is 54.3 Å². The molecule has 1 aromatic rings. The maximum Gasteiger partial charge on any atom is 0.244 e. The number of amides is 1. The summed E-state index contributed by atoms with van der Waals surface area (Å²) in [6.07, 6.45) is 1.94. The van der Waals surface area contributed by atoms with Gasteiger partial charge < -0.3 is 4.90 Å². The fourth-order valence-corrected chi connectivity index (χ4v) is 5.67. The highest BCUT2D eigenvalue weighted by Gasteiger charge is 2.43. The molecular weight excluding hydrogens is 327 g/mol. The minimum atomic E-state index is -3.87. The molecule has 0 unspecified atom stereocenters. The molecule has 1 saturated carbocycles. The van der Waals surface area contributed by atoms with Crippen LogP contribution in [0.15, 0.2) is 29.2 Å². The van der Waals surface area contributed by atoms with Gasteiger partial charge >= 0.3 is 0 Å². The normalized spacial score (nSPS) is 22.7. The summed E-state index contributed by atoms with van der Waals surface area (Å²) in [5, 5.41) is 0. The van der Waals surface area contributed by atoms with Crippen molar-refractivity contribution in [3.8, 4) is 0 Å². The molecule has 0 radical (unpaired) electrons. The Morgan fingerprint density at radius 3 is 2.77 bits per heavy atom. The van der Waals surface area contributed by atoms with Crippen molar-refractivity contribution in [2.24, 2.45) is 0 Å². The van der Waals surface area contributed by atoms with Crippen LogP contribution in [0.4, 0.5) is 4.39 Å². The maximum atomic E-state index is 13.3. The van der Waals surface area contributed by atoms with Crippen LogP contribution in [0.5, 0.6) is 0 Å². The van der Waals surface area contributed by atoms with Gasteiger partial charge in [0.05, 0.1) is 10.8 Å². The van der Waals surface area contributed by atoms with E-state index < -0.39 is 21.9 Å². The zero-order valence-electron chi connectivity index (χ0n) is 12.1. The first-order valence-corrected chi connectivity index (χ1v) is 9.62. The number of sulfonamides is 1. The Hall–Kier alpha value is -1.12. The van der Waals surface area contributed by atoms with Crippen LogP contribution in [0.3, 0.4) is 0 Å². The molecule has 2 aliphatic rings. The van der Waals surface area contributed by atoms with E-state index in [1.807, 2.05) is 0 Å². The Kier molecular flexibility index (Phi) is 4.17. The number of halogens is 1. The maximum absolute atomic E-state index is 13.3. The summed E-state index contributed by atoms with van der Waals surface area (Å²) >= 11 is 1.40. The molecule has 3 rings (SSSR count). The molecular formula is C14H17FN2O3S2. The van der Waals surface area contributed by atoms with Crippen LogP contribution in [0.2, 0.25) is 0 Å². The van der Waals surface area contributed by atoms with Crippen LogP contribution in [0.25, 0.3) is 0 Å². The lowest BCUT2D eigenvalue weighted by Crippen LogP contribution is -2.48. The standard InChI is InChI=1S/C14H17FN2O3S2/c1-16(11-5-6-11)14(18)13-8-21-9-17(13)22(19,20)12-4-2-3-10(15)7-12/h2-4,7,11,13H,5-6,8-9H2,1H3/t13-/m0/s1. The summed E-state index contributed by atoms with van der Waals surface area (Å²) in [5.41, 5.74) is 0. The smallest absolute Gasteiger partial charge is 0.244 e. The minimum absolute atomic E-state index is 0.109. The van der Waals surface area contributed by atoms with Crippen molar-refractivity contribution in [3.63, 3.8) is 0 Å². The summed E-state index contributed by atoms with van der Waals surface area (Å²) in [7, 11) is -2.15. The van der Waals surface area contributed by atoms with Crippen molar-refractivity contribution in [3.05, 3.63) is 30.1 Å². The van der Waals surface area contributed by atoms with Gasteiger partial charge in [0.1, 0.15) is 11.9 Å². The predicted molar refractivity (Wildman–Crippen MR) is 82.3 cm³/mol. The second-order valence-electron chi connectivity index (χ2n) is 5.55. The molecule has 5 nitrogen and oxygen atoms in total. The van der Waals surface area contributed by atoms with Crippen molar-refractivity contribution in [1.82, 2.24) is 9.21 Å². The summed E-state index contributed by atoms with van der Waals surface area (Å²) in [6.45, 7) is 0. The van der Waals surface area contributed by atoms with Gasteiger partial charge in [-0.25, -0.2) is 12.8 Å². The van der Waals surface area contributed by atoms with E-state index in [0.717, 1.165) is 18.9 Å². The lowest BCUT2D eigenvalue weighted by Gasteiger charge is -2.26. The third-order valence-electron chi connectivity index (χ3n) is 3.97. The SMILES string of the molecule is CN(C(=O)[C@@H]1CSCN1S(=O)(=O)c1cccc(F)c1)C1CC1. The number of carbonyl (C=O) groups is 1. The number of hydrogen-bond acceptors (Lipinski definition) is 4. The van der Waals surface area contributed by atoms with Gasteiger partial charge in [-0.05, 0) is 31.0 Å². The average molecular weight is 344 g/mol. The van der Waals surface area contributed by atoms with E-state index in [4.69, 9.17) is 0 Å². The fourth-order valence-electron chi connectivity index (χ4n) is 2.50. The van der Waals surface area contributed by atoms with Crippen molar-refractivity contribution >= 4 is 27.7 Å². The monoisotopic (exact) mass is 344 g/mol. The largest absolute Gasteiger partial charge is 0.341 e. The summed E-state index contributed by atoms with van der Waals surface area (Å²) in [6, 6.07) is 4.43. The first kappa shape index (κ1) is 15.8. The van der Waals surface area contributed by atoms with Crippen molar-refractivity contribution < 1.29 is 17.6 Å². The van der Waals surface area contributed by atoms with Gasteiger partial charge in [0, 0.05) is 18.8 Å². The van der Waals surface area contributed by atoms with Crippen molar-refractivity contribution in [2.75, 3.05) is 18.7 Å². The Labute approximate surface area is 133 Å². The number of rotatable bonds is 4. The highest BCUT2D eigenvalue weighted by Crippen LogP contribution is 2.32. The number of carbonyl (C=O) groups excluding carboxylic acids is 1. The third-order valence-corrected chi connectivity index (χ3v) is 7.00. The molecule has 0 bridgehead atoms. The zero-order chi connectivity index (χ0) is 15.9. The van der Waals surface area contributed by atoms with E-state index in [9.17, 15) is 17.6 Å². The Morgan fingerprint density at radius 1 is 1.41 bits per heavy atom. The molecule has 0 spiro atoms. The highest BCUT2D eigenvalue weighted by molar-refractivity contribution is 8.00. The number of thioether (sulfide) groups is 1. The van der Waals surface area contributed by atoms with Crippen molar-refractivity contribution in [1.29, 1.82) is 0 Å². The lowest BCUT2D eigenvalue weighted by atomic mass is 10.3. The molecule has 1 atom stereocenters.